The Morgan fingerprint density at radius 1 is 1.12 bits per heavy atom. The number of rotatable bonds is 14. The first-order valence-corrected chi connectivity index (χ1v) is 15.4. The lowest BCUT2D eigenvalue weighted by atomic mass is 9.92. The number of fused-ring (bicyclic) bond motifs is 1. The molecule has 0 aromatic rings. The van der Waals surface area contributed by atoms with E-state index in [9.17, 15) is 44.1 Å². The molecule has 5 N–H and O–H groups in total. The summed E-state index contributed by atoms with van der Waals surface area (Å²) in [4.78, 5) is 73.8. The second kappa shape index (κ2) is 14.5. The van der Waals surface area contributed by atoms with Crippen molar-refractivity contribution in [2.45, 2.75) is 81.7 Å². The first-order valence-electron chi connectivity index (χ1n) is 13.6. The van der Waals surface area contributed by atoms with Crippen LogP contribution in [0, 0.1) is 5.92 Å². The minimum Gasteiger partial charge on any atom is -0.463 e. The van der Waals surface area contributed by atoms with E-state index in [0.717, 1.165) is 9.80 Å². The van der Waals surface area contributed by atoms with Gasteiger partial charge in [-0.15, -0.1) is 0 Å². The molecule has 3 saturated heterocycles. The lowest BCUT2D eigenvalue weighted by molar-refractivity contribution is -0.182. The Morgan fingerprint density at radius 3 is 2.52 bits per heavy atom. The van der Waals surface area contributed by atoms with E-state index in [4.69, 9.17) is 6.11 Å². The van der Waals surface area contributed by atoms with E-state index in [1.165, 1.54) is 10.8 Å². The standard InChI is InChI=1S/C24H36N4O10S2/c1-12(24(37)38-11-14-18(32)19(33)20(34)21-26-22(35)23(36)28(14)21)7-10-39-40-13(2)3-4-15(29)25-8-9-27-16(30)5-6-17(27)31/h12-14,18-21,32-34H,3-11H2,1-2H3,(H,25,29)(H,26,35)/t12?,13?,14-,18-,19+,20+,21+/m1/s1/i5T/t5?,12?,13?,14-,18-,19+,20+,21+. The summed E-state index contributed by atoms with van der Waals surface area (Å²) >= 11 is 0. The predicted molar refractivity (Wildman–Crippen MR) is 143 cm³/mol. The zero-order valence-corrected chi connectivity index (χ0v) is 23.8. The summed E-state index contributed by atoms with van der Waals surface area (Å²) in [7, 11) is 3.10. The number of nitrogens with zero attached hydrogens (tertiary/aromatic N) is 2. The highest BCUT2D eigenvalue weighted by Gasteiger charge is 2.55. The van der Waals surface area contributed by atoms with Gasteiger partial charge in [0.1, 0.15) is 31.1 Å². The van der Waals surface area contributed by atoms with Crippen LogP contribution in [-0.4, -0.2) is 122 Å². The van der Waals surface area contributed by atoms with Gasteiger partial charge in [-0.25, -0.2) is 0 Å². The molecular formula is C24H36N4O10S2. The van der Waals surface area contributed by atoms with Crippen molar-refractivity contribution in [2.75, 3.05) is 25.4 Å². The van der Waals surface area contributed by atoms with E-state index < -0.39 is 79.0 Å². The molecular weight excluding hydrogens is 568 g/mol. The van der Waals surface area contributed by atoms with E-state index in [0.29, 0.717) is 18.6 Å². The molecule has 3 rings (SSSR count). The molecule has 3 fully saturated rings. The van der Waals surface area contributed by atoms with Crippen LogP contribution < -0.4 is 10.6 Å². The van der Waals surface area contributed by atoms with Crippen LogP contribution in [0.2, 0.25) is 0 Å². The summed E-state index contributed by atoms with van der Waals surface area (Å²) in [6.45, 7) is 3.37. The molecule has 0 radical (unpaired) electrons. The number of aliphatic hydroxyl groups is 3. The minimum absolute atomic E-state index is 0.0552. The third-order valence-electron chi connectivity index (χ3n) is 6.90. The Labute approximate surface area is 240 Å². The molecule has 0 saturated carbocycles. The molecule has 16 heteroatoms. The number of amides is 5. The molecule has 3 heterocycles. The fourth-order valence-electron chi connectivity index (χ4n) is 4.42. The Hall–Kier alpha value is -2.40. The Morgan fingerprint density at radius 2 is 1.85 bits per heavy atom. The van der Waals surface area contributed by atoms with Gasteiger partial charge in [0, 0.05) is 44.7 Å². The third kappa shape index (κ3) is 7.87. The Kier molecular flexibility index (Phi) is 11.1. The number of likely N-dealkylation sites (tertiary alicyclic amines) is 1. The van der Waals surface area contributed by atoms with Crippen LogP contribution in [0.5, 0.6) is 0 Å². The quantitative estimate of drug-likeness (QED) is 0.0485. The number of hydrogen-bond donors (Lipinski definition) is 5. The van der Waals surface area contributed by atoms with Crippen LogP contribution in [-0.2, 0) is 33.5 Å². The Balaban J connectivity index is 1.29. The van der Waals surface area contributed by atoms with E-state index in [1.54, 1.807) is 17.7 Å². The van der Waals surface area contributed by atoms with Crippen molar-refractivity contribution in [3.8, 4) is 0 Å². The number of carbonyl (C=O) groups excluding carboxylic acids is 6. The van der Waals surface area contributed by atoms with E-state index in [1.807, 2.05) is 6.92 Å². The zero-order chi connectivity index (χ0) is 30.4. The molecule has 3 aliphatic heterocycles. The molecule has 14 nitrogen and oxygen atoms in total. The van der Waals surface area contributed by atoms with Gasteiger partial charge in [-0.1, -0.05) is 35.4 Å². The van der Waals surface area contributed by atoms with Crippen LogP contribution in [0.3, 0.4) is 0 Å². The summed E-state index contributed by atoms with van der Waals surface area (Å²) in [5.74, 6) is -3.60. The van der Waals surface area contributed by atoms with Crippen molar-refractivity contribution in [2.24, 2.45) is 5.92 Å². The molecule has 0 bridgehead atoms. The van der Waals surface area contributed by atoms with Crippen LogP contribution in [0.4, 0.5) is 0 Å². The highest BCUT2D eigenvalue weighted by molar-refractivity contribution is 8.76. The number of imide groups is 1. The van der Waals surface area contributed by atoms with E-state index in [2.05, 4.69) is 10.6 Å². The summed E-state index contributed by atoms with van der Waals surface area (Å²) < 4.78 is 12.8. The maximum absolute atomic E-state index is 12.5. The van der Waals surface area contributed by atoms with Crippen molar-refractivity contribution in [1.29, 1.82) is 0 Å². The summed E-state index contributed by atoms with van der Waals surface area (Å²) in [6, 6.07) is -1.20. The van der Waals surface area contributed by atoms with Crippen LogP contribution >= 0.6 is 21.6 Å². The molecule has 8 atom stereocenters. The van der Waals surface area contributed by atoms with Gasteiger partial charge in [-0.05, 0) is 12.8 Å². The smallest absolute Gasteiger partial charge is 0.314 e. The fourth-order valence-corrected chi connectivity index (χ4v) is 6.98. The average molecular weight is 607 g/mol. The van der Waals surface area contributed by atoms with Gasteiger partial charge in [0.2, 0.25) is 17.7 Å². The third-order valence-corrected chi connectivity index (χ3v) is 9.90. The number of ether oxygens (including phenoxy) is 1. The highest BCUT2D eigenvalue weighted by Crippen LogP contribution is 2.31. The molecule has 0 aliphatic carbocycles. The largest absolute Gasteiger partial charge is 0.463 e. The molecule has 40 heavy (non-hydrogen) atoms. The first kappa shape index (κ1) is 30.6. The van der Waals surface area contributed by atoms with Crippen molar-refractivity contribution < 1.29 is 50.2 Å². The molecule has 0 aromatic carbocycles. The van der Waals surface area contributed by atoms with Crippen molar-refractivity contribution in [3.63, 3.8) is 0 Å². The van der Waals surface area contributed by atoms with Crippen LogP contribution in [0.15, 0.2) is 0 Å². The van der Waals surface area contributed by atoms with Crippen LogP contribution in [0.1, 0.15) is 47.3 Å². The monoisotopic (exact) mass is 606 g/mol. The maximum Gasteiger partial charge on any atom is 0.314 e. The van der Waals surface area contributed by atoms with Crippen molar-refractivity contribution >= 4 is 57.1 Å². The first-order chi connectivity index (χ1) is 19.3. The SMILES string of the molecule is [3H]C1CC(=O)N(CCNC(=O)CCC(C)SSCCC(C)C(=O)OC[C@@H]2[C@@H](O)[C@H](O)[C@H](O)[C@H]3NC(=O)C(=O)N23)C1=O. The number of esters is 1. The van der Waals surface area contributed by atoms with Gasteiger partial charge >= 0.3 is 17.8 Å². The lowest BCUT2D eigenvalue weighted by Gasteiger charge is -2.44. The molecule has 0 spiro atoms. The van der Waals surface area contributed by atoms with Gasteiger partial charge < -0.3 is 35.6 Å². The summed E-state index contributed by atoms with van der Waals surface area (Å²) in [6.07, 6.45) is -5.93. The molecule has 224 valence electrons. The lowest BCUT2D eigenvalue weighted by Crippen LogP contribution is -2.68. The number of aliphatic hydroxyl groups excluding tert-OH is 3. The molecule has 5 amide bonds. The minimum atomic E-state index is -1.64. The molecule has 3 aliphatic rings. The zero-order valence-electron chi connectivity index (χ0n) is 23.2. The van der Waals surface area contributed by atoms with Crippen LogP contribution in [0.25, 0.3) is 0 Å². The molecule has 3 unspecified atom stereocenters. The van der Waals surface area contributed by atoms with Gasteiger partial charge in [0.05, 0.1) is 12.0 Å². The van der Waals surface area contributed by atoms with Gasteiger partial charge in [-0.3, -0.25) is 33.7 Å². The van der Waals surface area contributed by atoms with Gasteiger partial charge in [-0.2, -0.15) is 0 Å². The molecule has 0 aromatic heterocycles. The number of nitrogens with one attached hydrogen (secondary N) is 2. The normalized spacial score (nSPS) is 30.1. The topological polar surface area (TPSA) is 203 Å². The summed E-state index contributed by atoms with van der Waals surface area (Å²) in [5, 5.41) is 35.6. The maximum atomic E-state index is 12.5. The van der Waals surface area contributed by atoms with Gasteiger partial charge in [0.15, 0.2) is 0 Å². The average Bonchev–Trinajstić information content (AvgIpc) is 3.36. The van der Waals surface area contributed by atoms with Gasteiger partial charge in [0.25, 0.3) is 0 Å². The van der Waals surface area contributed by atoms with E-state index >= 15 is 0 Å². The number of carbonyl (C=O) groups is 6. The Bertz CT molecular complexity index is 1040. The number of hydrogen-bond acceptors (Lipinski definition) is 12. The van der Waals surface area contributed by atoms with Crippen molar-refractivity contribution in [1.82, 2.24) is 20.4 Å². The fraction of sp³-hybridized carbons (Fsp3) is 0.750. The number of piperidine rings is 1. The highest BCUT2D eigenvalue weighted by atomic mass is 33.1. The van der Waals surface area contributed by atoms with Crippen molar-refractivity contribution in [3.05, 3.63) is 0 Å². The second-order valence-electron chi connectivity index (χ2n) is 9.90. The predicted octanol–water partition coefficient (Wildman–Crippen LogP) is -1.88. The van der Waals surface area contributed by atoms with E-state index in [-0.39, 0.29) is 37.1 Å². The summed E-state index contributed by atoms with van der Waals surface area (Å²) in [5.41, 5.74) is 0. The second-order valence-corrected chi connectivity index (χ2v) is 12.8.